The third-order valence-electron chi connectivity index (χ3n) is 2.73. The molecule has 0 atom stereocenters. The summed E-state index contributed by atoms with van der Waals surface area (Å²) in [5.74, 6) is 1.91. The number of rotatable bonds is 4. The molecule has 3 nitrogen and oxygen atoms in total. The van der Waals surface area contributed by atoms with Crippen molar-refractivity contribution in [3.63, 3.8) is 0 Å². The highest BCUT2D eigenvalue weighted by molar-refractivity contribution is 5.35. The summed E-state index contributed by atoms with van der Waals surface area (Å²) in [5.41, 5.74) is 1.88. The number of methoxy groups -OCH3 is 1. The van der Waals surface area contributed by atoms with Gasteiger partial charge >= 0.3 is 0 Å². The number of phenols is 1. The van der Waals surface area contributed by atoms with E-state index in [2.05, 4.69) is 0 Å². The summed E-state index contributed by atoms with van der Waals surface area (Å²) in [6.07, 6.45) is 0. The molecule has 3 heteroatoms. The van der Waals surface area contributed by atoms with Crippen LogP contribution < -0.4 is 9.47 Å². The molecule has 2 aromatic rings. The monoisotopic (exact) mass is 244 g/mol. The average molecular weight is 244 g/mol. The van der Waals surface area contributed by atoms with E-state index in [1.807, 2.05) is 43.3 Å². The van der Waals surface area contributed by atoms with E-state index in [0.717, 1.165) is 22.6 Å². The fraction of sp³-hybridized carbons (Fsp3) is 0.200. The molecule has 1 N–H and O–H groups in total. The first-order valence-electron chi connectivity index (χ1n) is 5.74. The van der Waals surface area contributed by atoms with Gasteiger partial charge in [-0.05, 0) is 54.4 Å². The minimum atomic E-state index is 0.309. The molecule has 0 amide bonds. The lowest BCUT2D eigenvalue weighted by molar-refractivity contribution is 0.305. The third-order valence-corrected chi connectivity index (χ3v) is 2.73. The smallest absolute Gasteiger partial charge is 0.120 e. The third kappa shape index (κ3) is 2.94. The van der Waals surface area contributed by atoms with Crippen LogP contribution in [0, 0.1) is 6.92 Å². The van der Waals surface area contributed by atoms with Crippen LogP contribution in [-0.2, 0) is 6.61 Å². The van der Waals surface area contributed by atoms with Crippen molar-refractivity contribution in [3.8, 4) is 17.2 Å². The SMILES string of the molecule is COc1ccc(OCc2ccc(O)c(C)c2)cc1. The summed E-state index contributed by atoms with van der Waals surface area (Å²) >= 11 is 0. The quantitative estimate of drug-likeness (QED) is 0.897. The van der Waals surface area contributed by atoms with Gasteiger partial charge in [-0.1, -0.05) is 6.07 Å². The maximum absolute atomic E-state index is 9.43. The van der Waals surface area contributed by atoms with Gasteiger partial charge in [-0.15, -0.1) is 0 Å². The molecule has 2 rings (SSSR count). The Kier molecular flexibility index (Phi) is 3.72. The predicted molar refractivity (Wildman–Crippen MR) is 70.2 cm³/mol. The number of phenolic OH excluding ortho intramolecular Hbond substituents is 1. The minimum Gasteiger partial charge on any atom is -0.508 e. The van der Waals surface area contributed by atoms with Gasteiger partial charge in [0.1, 0.15) is 23.9 Å². The van der Waals surface area contributed by atoms with E-state index in [4.69, 9.17) is 9.47 Å². The molecule has 0 spiro atoms. The van der Waals surface area contributed by atoms with Crippen LogP contribution >= 0.6 is 0 Å². The number of hydrogen-bond acceptors (Lipinski definition) is 3. The predicted octanol–water partition coefficient (Wildman–Crippen LogP) is 3.29. The number of aromatic hydroxyl groups is 1. The van der Waals surface area contributed by atoms with Crippen LogP contribution in [-0.4, -0.2) is 12.2 Å². The molecule has 94 valence electrons. The lowest BCUT2D eigenvalue weighted by Gasteiger charge is -2.08. The Hall–Kier alpha value is -2.16. The van der Waals surface area contributed by atoms with Crippen LogP contribution in [0.5, 0.6) is 17.2 Å². The van der Waals surface area contributed by atoms with E-state index >= 15 is 0 Å². The number of benzene rings is 2. The van der Waals surface area contributed by atoms with Crippen LogP contribution in [0.3, 0.4) is 0 Å². The van der Waals surface area contributed by atoms with Gasteiger partial charge in [-0.2, -0.15) is 0 Å². The summed E-state index contributed by atoms with van der Waals surface area (Å²) in [4.78, 5) is 0. The van der Waals surface area contributed by atoms with Gasteiger partial charge in [0.2, 0.25) is 0 Å². The van der Waals surface area contributed by atoms with E-state index in [1.165, 1.54) is 0 Å². The van der Waals surface area contributed by atoms with Crippen LogP contribution in [0.25, 0.3) is 0 Å². The Balaban J connectivity index is 1.99. The normalized spacial score (nSPS) is 10.1. The highest BCUT2D eigenvalue weighted by atomic mass is 16.5. The standard InChI is InChI=1S/C15H16O3/c1-11-9-12(3-8-15(11)16)10-18-14-6-4-13(17-2)5-7-14/h3-9,16H,10H2,1-2H3. The number of ether oxygens (including phenoxy) is 2. The van der Waals surface area contributed by atoms with E-state index < -0.39 is 0 Å². The van der Waals surface area contributed by atoms with E-state index in [0.29, 0.717) is 12.4 Å². The Bertz CT molecular complexity index is 518. The molecule has 18 heavy (non-hydrogen) atoms. The number of hydrogen-bond donors (Lipinski definition) is 1. The zero-order valence-corrected chi connectivity index (χ0v) is 10.5. The van der Waals surface area contributed by atoms with Gasteiger partial charge in [-0.25, -0.2) is 0 Å². The minimum absolute atomic E-state index is 0.309. The zero-order valence-electron chi connectivity index (χ0n) is 10.5. The molecule has 2 aromatic carbocycles. The Morgan fingerprint density at radius 2 is 1.67 bits per heavy atom. The molecule has 0 heterocycles. The summed E-state index contributed by atoms with van der Waals surface area (Å²) in [5, 5.41) is 9.43. The second-order valence-electron chi connectivity index (χ2n) is 4.09. The van der Waals surface area contributed by atoms with Gasteiger partial charge in [0.15, 0.2) is 0 Å². The summed E-state index contributed by atoms with van der Waals surface area (Å²) in [6.45, 7) is 2.35. The lowest BCUT2D eigenvalue weighted by atomic mass is 10.1. The summed E-state index contributed by atoms with van der Waals surface area (Å²) < 4.78 is 10.7. The first-order chi connectivity index (χ1) is 8.69. The van der Waals surface area contributed by atoms with Gasteiger partial charge in [0.25, 0.3) is 0 Å². The van der Waals surface area contributed by atoms with Crippen LogP contribution in [0.15, 0.2) is 42.5 Å². The van der Waals surface area contributed by atoms with Crippen molar-refractivity contribution < 1.29 is 14.6 Å². The van der Waals surface area contributed by atoms with Gasteiger partial charge < -0.3 is 14.6 Å². The first-order valence-corrected chi connectivity index (χ1v) is 5.74. The second-order valence-corrected chi connectivity index (χ2v) is 4.09. The molecular formula is C15H16O3. The molecule has 0 saturated carbocycles. The number of aryl methyl sites for hydroxylation is 1. The Morgan fingerprint density at radius 3 is 2.28 bits per heavy atom. The molecule has 0 saturated heterocycles. The van der Waals surface area contributed by atoms with Crippen LogP contribution in [0.4, 0.5) is 0 Å². The first kappa shape index (κ1) is 12.3. The molecule has 0 aliphatic heterocycles. The molecule has 0 aliphatic carbocycles. The van der Waals surface area contributed by atoms with Gasteiger partial charge in [-0.3, -0.25) is 0 Å². The summed E-state index contributed by atoms with van der Waals surface area (Å²) in [6, 6.07) is 12.9. The van der Waals surface area contributed by atoms with E-state index in [-0.39, 0.29) is 0 Å². The van der Waals surface area contributed by atoms with Crippen molar-refractivity contribution in [3.05, 3.63) is 53.6 Å². The Labute approximate surface area is 107 Å². The van der Waals surface area contributed by atoms with Crippen LogP contribution in [0.1, 0.15) is 11.1 Å². The molecule has 0 unspecified atom stereocenters. The van der Waals surface area contributed by atoms with Crippen molar-refractivity contribution in [1.82, 2.24) is 0 Å². The lowest BCUT2D eigenvalue weighted by Crippen LogP contribution is -1.95. The van der Waals surface area contributed by atoms with Crippen LogP contribution in [0.2, 0.25) is 0 Å². The van der Waals surface area contributed by atoms with Crippen molar-refractivity contribution in [1.29, 1.82) is 0 Å². The second kappa shape index (κ2) is 5.45. The van der Waals surface area contributed by atoms with E-state index in [1.54, 1.807) is 13.2 Å². The van der Waals surface area contributed by atoms with Crippen molar-refractivity contribution in [2.75, 3.05) is 7.11 Å². The maximum Gasteiger partial charge on any atom is 0.120 e. The highest BCUT2D eigenvalue weighted by Gasteiger charge is 2.00. The van der Waals surface area contributed by atoms with Gasteiger partial charge in [0.05, 0.1) is 7.11 Å². The fourth-order valence-electron chi connectivity index (χ4n) is 1.65. The van der Waals surface area contributed by atoms with Gasteiger partial charge in [0, 0.05) is 0 Å². The average Bonchev–Trinajstić information content (AvgIpc) is 2.41. The van der Waals surface area contributed by atoms with E-state index in [9.17, 15) is 5.11 Å². The maximum atomic E-state index is 9.43. The van der Waals surface area contributed by atoms with Crippen molar-refractivity contribution in [2.45, 2.75) is 13.5 Å². The topological polar surface area (TPSA) is 38.7 Å². The summed E-state index contributed by atoms with van der Waals surface area (Å²) in [7, 11) is 1.63. The molecule has 0 aromatic heterocycles. The van der Waals surface area contributed by atoms with Crippen molar-refractivity contribution >= 4 is 0 Å². The molecule has 0 aliphatic rings. The highest BCUT2D eigenvalue weighted by Crippen LogP contribution is 2.20. The molecular weight excluding hydrogens is 228 g/mol. The largest absolute Gasteiger partial charge is 0.508 e. The molecule has 0 bridgehead atoms. The molecule has 0 fully saturated rings. The zero-order chi connectivity index (χ0) is 13.0. The fourth-order valence-corrected chi connectivity index (χ4v) is 1.65. The van der Waals surface area contributed by atoms with Crippen molar-refractivity contribution in [2.24, 2.45) is 0 Å². The Morgan fingerprint density at radius 1 is 1.00 bits per heavy atom. The molecule has 0 radical (unpaired) electrons.